The number of carbonyl (C=O) groups excluding carboxylic acids is 2. The fourth-order valence-electron chi connectivity index (χ4n) is 1.88. The Hall–Kier alpha value is -0.900. The Labute approximate surface area is 90.8 Å². The van der Waals surface area contributed by atoms with Crippen LogP contribution in [0.4, 0.5) is 0 Å². The van der Waals surface area contributed by atoms with Crippen molar-refractivity contribution in [3.63, 3.8) is 0 Å². The van der Waals surface area contributed by atoms with E-state index in [0.29, 0.717) is 12.6 Å². The molecule has 1 rings (SSSR count). The third-order valence-corrected chi connectivity index (χ3v) is 2.75. The van der Waals surface area contributed by atoms with Gasteiger partial charge in [-0.05, 0) is 19.8 Å². The van der Waals surface area contributed by atoms with Crippen LogP contribution in [0.1, 0.15) is 39.0 Å². The second kappa shape index (κ2) is 6.56. The summed E-state index contributed by atoms with van der Waals surface area (Å²) in [5.41, 5.74) is 0. The molecule has 1 fully saturated rings. The highest BCUT2D eigenvalue weighted by atomic mass is 16.2. The average molecular weight is 212 g/mol. The van der Waals surface area contributed by atoms with Gasteiger partial charge in [0.05, 0.1) is 12.6 Å². The van der Waals surface area contributed by atoms with Crippen LogP contribution in [0.3, 0.4) is 0 Å². The molecule has 0 aromatic rings. The summed E-state index contributed by atoms with van der Waals surface area (Å²) < 4.78 is 0. The largest absolute Gasteiger partial charge is 0.346 e. The van der Waals surface area contributed by atoms with E-state index in [2.05, 4.69) is 10.6 Å². The van der Waals surface area contributed by atoms with Gasteiger partial charge in [-0.25, -0.2) is 0 Å². The van der Waals surface area contributed by atoms with E-state index < -0.39 is 0 Å². The van der Waals surface area contributed by atoms with Crippen molar-refractivity contribution in [2.75, 3.05) is 6.54 Å². The lowest BCUT2D eigenvalue weighted by molar-refractivity contribution is -0.123. The Morgan fingerprint density at radius 1 is 1.40 bits per heavy atom. The zero-order valence-electron chi connectivity index (χ0n) is 9.29. The first-order valence-corrected chi connectivity index (χ1v) is 5.70. The van der Waals surface area contributed by atoms with Crippen molar-refractivity contribution in [2.45, 2.75) is 51.1 Å². The molecule has 0 aromatic heterocycles. The van der Waals surface area contributed by atoms with Crippen molar-refractivity contribution in [3.05, 3.63) is 0 Å². The highest BCUT2D eigenvalue weighted by molar-refractivity contribution is 5.81. The minimum Gasteiger partial charge on any atom is -0.346 e. The third kappa shape index (κ3) is 4.93. The molecule has 0 bridgehead atoms. The minimum absolute atomic E-state index is 0.0971. The first kappa shape index (κ1) is 12.2. The summed E-state index contributed by atoms with van der Waals surface area (Å²) >= 11 is 0. The van der Waals surface area contributed by atoms with Gasteiger partial charge in [-0.3, -0.25) is 4.79 Å². The summed E-state index contributed by atoms with van der Waals surface area (Å²) in [6.07, 6.45) is 6.88. The number of amides is 1. The van der Waals surface area contributed by atoms with Crippen molar-refractivity contribution >= 4 is 12.2 Å². The number of rotatable bonds is 5. The van der Waals surface area contributed by atoms with Gasteiger partial charge in [0.1, 0.15) is 6.29 Å². The Kier molecular flexibility index (Phi) is 5.32. The maximum atomic E-state index is 11.3. The van der Waals surface area contributed by atoms with Crippen molar-refractivity contribution < 1.29 is 9.59 Å². The van der Waals surface area contributed by atoms with Gasteiger partial charge < -0.3 is 15.4 Å². The lowest BCUT2D eigenvalue weighted by atomic mass is 9.95. The van der Waals surface area contributed by atoms with Crippen LogP contribution in [-0.2, 0) is 9.59 Å². The van der Waals surface area contributed by atoms with Crippen molar-refractivity contribution in [1.29, 1.82) is 0 Å². The van der Waals surface area contributed by atoms with Gasteiger partial charge >= 0.3 is 0 Å². The molecule has 0 spiro atoms. The van der Waals surface area contributed by atoms with Crippen molar-refractivity contribution in [2.24, 2.45) is 0 Å². The monoisotopic (exact) mass is 212 g/mol. The van der Waals surface area contributed by atoms with Crippen LogP contribution >= 0.6 is 0 Å². The van der Waals surface area contributed by atoms with Gasteiger partial charge in [-0.2, -0.15) is 0 Å². The van der Waals surface area contributed by atoms with Crippen LogP contribution in [0.15, 0.2) is 0 Å². The summed E-state index contributed by atoms with van der Waals surface area (Å²) in [6, 6.07) is 0.0988. The highest BCUT2D eigenvalue weighted by Gasteiger charge is 2.14. The zero-order chi connectivity index (χ0) is 11.1. The van der Waals surface area contributed by atoms with E-state index in [-0.39, 0.29) is 11.9 Å². The summed E-state index contributed by atoms with van der Waals surface area (Å²) in [5.74, 6) is -0.0971. The molecule has 1 saturated carbocycles. The normalized spacial score (nSPS) is 19.5. The van der Waals surface area contributed by atoms with E-state index in [0.717, 1.165) is 19.1 Å². The van der Waals surface area contributed by atoms with Crippen LogP contribution in [0.25, 0.3) is 0 Å². The minimum atomic E-state index is -0.384. The van der Waals surface area contributed by atoms with Gasteiger partial charge in [0.25, 0.3) is 0 Å². The van der Waals surface area contributed by atoms with E-state index in [1.54, 1.807) is 6.92 Å². The maximum absolute atomic E-state index is 11.3. The highest BCUT2D eigenvalue weighted by Crippen LogP contribution is 2.16. The Balaban J connectivity index is 2.12. The summed E-state index contributed by atoms with van der Waals surface area (Å²) in [5, 5.41) is 5.82. The third-order valence-electron chi connectivity index (χ3n) is 2.75. The molecular formula is C11H20N2O2. The Morgan fingerprint density at radius 3 is 2.67 bits per heavy atom. The first-order chi connectivity index (χ1) is 7.22. The Bertz CT molecular complexity index is 213. The van der Waals surface area contributed by atoms with E-state index in [9.17, 15) is 9.59 Å². The molecular weight excluding hydrogens is 192 g/mol. The standard InChI is InChI=1S/C11H20N2O2/c1-9(8-14)13-11(15)7-12-10-5-3-2-4-6-10/h8-10,12H,2-7H2,1H3,(H,13,15). The molecule has 0 heterocycles. The molecule has 0 aliphatic heterocycles. The lowest BCUT2D eigenvalue weighted by Gasteiger charge is -2.22. The molecule has 4 heteroatoms. The van der Waals surface area contributed by atoms with Crippen LogP contribution in [0.5, 0.6) is 0 Å². The molecule has 86 valence electrons. The lowest BCUT2D eigenvalue weighted by Crippen LogP contribution is -2.43. The van der Waals surface area contributed by atoms with Crippen LogP contribution in [-0.4, -0.2) is 30.8 Å². The second-order valence-electron chi connectivity index (χ2n) is 4.21. The zero-order valence-corrected chi connectivity index (χ0v) is 9.29. The molecule has 0 aromatic carbocycles. The molecule has 1 aliphatic rings. The van der Waals surface area contributed by atoms with Gasteiger partial charge in [0.2, 0.25) is 5.91 Å². The molecule has 4 nitrogen and oxygen atoms in total. The number of carbonyl (C=O) groups is 2. The Morgan fingerprint density at radius 2 is 2.07 bits per heavy atom. The first-order valence-electron chi connectivity index (χ1n) is 5.70. The van der Waals surface area contributed by atoms with Gasteiger partial charge in [-0.1, -0.05) is 19.3 Å². The molecule has 0 saturated heterocycles. The molecule has 1 unspecified atom stereocenters. The number of nitrogens with one attached hydrogen (secondary N) is 2. The van der Waals surface area contributed by atoms with Crippen molar-refractivity contribution in [3.8, 4) is 0 Å². The fourth-order valence-corrected chi connectivity index (χ4v) is 1.88. The topological polar surface area (TPSA) is 58.2 Å². The van der Waals surface area contributed by atoms with E-state index in [4.69, 9.17) is 0 Å². The maximum Gasteiger partial charge on any atom is 0.234 e. The summed E-state index contributed by atoms with van der Waals surface area (Å²) in [6.45, 7) is 1.99. The van der Waals surface area contributed by atoms with Crippen LogP contribution in [0, 0.1) is 0 Å². The molecule has 1 amide bonds. The number of hydrogen-bond acceptors (Lipinski definition) is 3. The summed E-state index contributed by atoms with van der Waals surface area (Å²) in [4.78, 5) is 21.6. The van der Waals surface area contributed by atoms with Gasteiger partial charge in [0, 0.05) is 6.04 Å². The molecule has 1 atom stereocenters. The second-order valence-corrected chi connectivity index (χ2v) is 4.21. The number of aldehydes is 1. The average Bonchev–Trinajstić information content (AvgIpc) is 2.27. The smallest absolute Gasteiger partial charge is 0.234 e. The van der Waals surface area contributed by atoms with Crippen molar-refractivity contribution in [1.82, 2.24) is 10.6 Å². The predicted octanol–water partition coefficient (Wildman–Crippen LogP) is 0.612. The molecule has 1 aliphatic carbocycles. The van der Waals surface area contributed by atoms with E-state index in [1.807, 2.05) is 0 Å². The van der Waals surface area contributed by atoms with Gasteiger partial charge in [-0.15, -0.1) is 0 Å². The number of hydrogen-bond donors (Lipinski definition) is 2. The van der Waals surface area contributed by atoms with Gasteiger partial charge in [0.15, 0.2) is 0 Å². The predicted molar refractivity (Wildman–Crippen MR) is 58.5 cm³/mol. The molecule has 0 radical (unpaired) electrons. The fraction of sp³-hybridized carbons (Fsp3) is 0.818. The summed E-state index contributed by atoms with van der Waals surface area (Å²) in [7, 11) is 0. The molecule has 15 heavy (non-hydrogen) atoms. The quantitative estimate of drug-likeness (QED) is 0.657. The molecule has 2 N–H and O–H groups in total. The van der Waals surface area contributed by atoms with Crippen LogP contribution in [0.2, 0.25) is 0 Å². The SMILES string of the molecule is CC(C=O)NC(=O)CNC1CCCCC1. The van der Waals surface area contributed by atoms with E-state index in [1.165, 1.54) is 19.3 Å². The van der Waals surface area contributed by atoms with Crippen LogP contribution < -0.4 is 10.6 Å². The van der Waals surface area contributed by atoms with E-state index >= 15 is 0 Å².